The van der Waals surface area contributed by atoms with Crippen LogP contribution in [0.4, 0.5) is 0 Å². The Hall–Kier alpha value is -0.970. The predicted octanol–water partition coefficient (Wildman–Crippen LogP) is 4.42. The molecule has 2 nitrogen and oxygen atoms in total. The van der Waals surface area contributed by atoms with Crippen LogP contribution in [-0.2, 0) is 0 Å². The van der Waals surface area contributed by atoms with Gasteiger partial charge >= 0.3 is 0 Å². The molecule has 0 heterocycles. The Morgan fingerprint density at radius 3 is 2.76 bits per heavy atom. The highest BCUT2D eigenvalue weighted by atomic mass is 35.5. The summed E-state index contributed by atoms with van der Waals surface area (Å²) in [6.07, 6.45) is 0. The van der Waals surface area contributed by atoms with Crippen molar-refractivity contribution >= 4 is 36.3 Å². The van der Waals surface area contributed by atoms with Crippen molar-refractivity contribution in [3.05, 3.63) is 47.5 Å². The predicted molar refractivity (Wildman–Crippen MR) is 73.3 cm³/mol. The number of halogens is 1. The first-order valence-corrected chi connectivity index (χ1v) is 6.34. The zero-order valence-corrected chi connectivity index (χ0v) is 11.1. The van der Waals surface area contributed by atoms with Gasteiger partial charge in [0.05, 0.1) is 22.0 Å². The lowest BCUT2D eigenvalue weighted by Crippen LogP contribution is -1.83. The van der Waals surface area contributed by atoms with Crippen molar-refractivity contribution in [2.24, 2.45) is 0 Å². The minimum atomic E-state index is 0.202. The fourth-order valence-corrected chi connectivity index (χ4v) is 2.20. The van der Waals surface area contributed by atoms with Gasteiger partial charge in [0.1, 0.15) is 5.75 Å². The number of hydrogen-bond donors (Lipinski definition) is 2. The molecule has 0 fully saturated rings. The van der Waals surface area contributed by atoms with Crippen LogP contribution in [0, 0.1) is 0 Å². The highest BCUT2D eigenvalue weighted by molar-refractivity contribution is 7.95. The minimum absolute atomic E-state index is 0.202. The number of aromatic hydroxyl groups is 1. The van der Waals surface area contributed by atoms with Gasteiger partial charge < -0.3 is 9.29 Å². The zero-order valence-electron chi connectivity index (χ0n) is 8.63. The normalized spacial score (nSPS) is 10.2. The van der Waals surface area contributed by atoms with Crippen molar-refractivity contribution in [2.75, 3.05) is 0 Å². The highest BCUT2D eigenvalue weighted by Crippen LogP contribution is 2.32. The summed E-state index contributed by atoms with van der Waals surface area (Å²) in [6, 6.07) is 12.1. The lowest BCUT2D eigenvalue weighted by molar-refractivity contribution is 0.473. The van der Waals surface area contributed by atoms with Crippen LogP contribution < -0.4 is 4.18 Å². The van der Waals surface area contributed by atoms with E-state index in [2.05, 4.69) is 12.6 Å². The second-order valence-electron chi connectivity index (χ2n) is 3.28. The van der Waals surface area contributed by atoms with E-state index in [1.807, 2.05) is 6.07 Å². The fourth-order valence-electron chi connectivity index (χ4n) is 1.18. The van der Waals surface area contributed by atoms with Gasteiger partial charge in [-0.15, -0.1) is 12.6 Å². The Morgan fingerprint density at radius 1 is 1.18 bits per heavy atom. The van der Waals surface area contributed by atoms with Crippen molar-refractivity contribution < 1.29 is 9.29 Å². The Balaban J connectivity index is 2.09. The van der Waals surface area contributed by atoms with Crippen LogP contribution in [-0.4, -0.2) is 5.11 Å². The van der Waals surface area contributed by atoms with Gasteiger partial charge in [-0.25, -0.2) is 0 Å². The van der Waals surface area contributed by atoms with Gasteiger partial charge in [0.2, 0.25) is 0 Å². The number of rotatable bonds is 3. The summed E-state index contributed by atoms with van der Waals surface area (Å²) in [5, 5.41) is 9.83. The van der Waals surface area contributed by atoms with E-state index in [4.69, 9.17) is 15.8 Å². The average molecular weight is 285 g/mol. The molecule has 0 aliphatic heterocycles. The molecule has 0 spiro atoms. The minimum Gasteiger partial charge on any atom is -0.508 e. The van der Waals surface area contributed by atoms with E-state index in [9.17, 15) is 5.11 Å². The van der Waals surface area contributed by atoms with Gasteiger partial charge in [0.25, 0.3) is 0 Å². The molecule has 17 heavy (non-hydrogen) atoms. The van der Waals surface area contributed by atoms with E-state index >= 15 is 0 Å². The van der Waals surface area contributed by atoms with Gasteiger partial charge in [0, 0.05) is 4.90 Å². The molecule has 0 aliphatic carbocycles. The Kier molecular flexibility index (Phi) is 4.10. The third-order valence-corrected chi connectivity index (χ3v) is 3.26. The number of thiol groups is 1. The number of phenolic OH excluding ortho intramolecular Hbond substituents is 1. The van der Waals surface area contributed by atoms with E-state index in [1.165, 1.54) is 0 Å². The molecule has 0 atom stereocenters. The molecule has 88 valence electrons. The lowest BCUT2D eigenvalue weighted by atomic mass is 10.3. The van der Waals surface area contributed by atoms with Crippen molar-refractivity contribution in [1.29, 1.82) is 0 Å². The summed E-state index contributed by atoms with van der Waals surface area (Å²) in [4.78, 5) is 1.58. The smallest absolute Gasteiger partial charge is 0.157 e. The van der Waals surface area contributed by atoms with Crippen LogP contribution in [0.15, 0.2) is 52.3 Å². The second kappa shape index (κ2) is 5.58. The third-order valence-electron chi connectivity index (χ3n) is 1.96. The average Bonchev–Trinajstić information content (AvgIpc) is 2.30. The molecule has 0 amide bonds. The largest absolute Gasteiger partial charge is 0.508 e. The quantitative estimate of drug-likeness (QED) is 0.646. The zero-order chi connectivity index (χ0) is 12.3. The SMILES string of the molecule is Oc1cccc(SOc2cc(S)ccc2Cl)c1. The molecule has 2 aromatic rings. The van der Waals surface area contributed by atoms with Crippen LogP contribution in [0.3, 0.4) is 0 Å². The fraction of sp³-hybridized carbons (Fsp3) is 0. The maximum absolute atomic E-state index is 9.30. The molecule has 0 aromatic heterocycles. The number of benzene rings is 2. The van der Waals surface area contributed by atoms with Gasteiger partial charge in [-0.1, -0.05) is 17.7 Å². The topological polar surface area (TPSA) is 29.5 Å². The lowest BCUT2D eigenvalue weighted by Gasteiger charge is -2.06. The molecule has 0 saturated heterocycles. The van der Waals surface area contributed by atoms with Gasteiger partial charge in [-0.2, -0.15) is 0 Å². The van der Waals surface area contributed by atoms with Gasteiger partial charge in [0.15, 0.2) is 5.75 Å². The molecule has 0 saturated carbocycles. The Labute approximate surface area is 114 Å². The number of hydrogen-bond acceptors (Lipinski definition) is 4. The van der Waals surface area contributed by atoms with Crippen LogP contribution in [0.2, 0.25) is 5.02 Å². The molecule has 0 bridgehead atoms. The molecular weight excluding hydrogens is 276 g/mol. The molecule has 2 rings (SSSR count). The van der Waals surface area contributed by atoms with E-state index in [1.54, 1.807) is 36.4 Å². The standard InChI is InChI=1S/C12H9ClO2S2/c13-11-5-4-9(16)7-12(11)15-17-10-3-1-2-8(14)6-10/h1-7,14,16H. The Morgan fingerprint density at radius 2 is 2.00 bits per heavy atom. The maximum Gasteiger partial charge on any atom is 0.157 e. The monoisotopic (exact) mass is 284 g/mol. The molecule has 0 radical (unpaired) electrons. The summed E-state index contributed by atoms with van der Waals surface area (Å²) >= 11 is 11.3. The summed E-state index contributed by atoms with van der Waals surface area (Å²) in [5.74, 6) is 0.750. The van der Waals surface area contributed by atoms with Crippen LogP contribution in [0.5, 0.6) is 11.5 Å². The van der Waals surface area contributed by atoms with Crippen molar-refractivity contribution in [1.82, 2.24) is 0 Å². The van der Waals surface area contributed by atoms with E-state index in [-0.39, 0.29) is 5.75 Å². The highest BCUT2D eigenvalue weighted by Gasteiger charge is 2.04. The molecule has 0 aliphatic rings. The molecular formula is C12H9ClO2S2. The van der Waals surface area contributed by atoms with Crippen molar-refractivity contribution in [2.45, 2.75) is 9.79 Å². The Bertz CT molecular complexity index is 532. The first-order chi connectivity index (χ1) is 8.15. The number of phenols is 1. The second-order valence-corrected chi connectivity index (χ2v) is 5.01. The summed E-state index contributed by atoms with van der Waals surface area (Å²) in [7, 11) is 0. The first kappa shape index (κ1) is 12.5. The molecule has 5 heteroatoms. The van der Waals surface area contributed by atoms with E-state index in [0.717, 1.165) is 21.8 Å². The van der Waals surface area contributed by atoms with Gasteiger partial charge in [-0.05, 0) is 36.4 Å². The summed E-state index contributed by atoms with van der Waals surface area (Å²) in [6.45, 7) is 0. The van der Waals surface area contributed by atoms with Crippen LogP contribution >= 0.6 is 36.3 Å². The van der Waals surface area contributed by atoms with E-state index < -0.39 is 0 Å². The van der Waals surface area contributed by atoms with E-state index in [0.29, 0.717) is 10.8 Å². The third kappa shape index (κ3) is 3.49. The molecule has 1 N–H and O–H groups in total. The van der Waals surface area contributed by atoms with Gasteiger partial charge in [-0.3, -0.25) is 0 Å². The first-order valence-electron chi connectivity index (χ1n) is 4.77. The van der Waals surface area contributed by atoms with Crippen LogP contribution in [0.1, 0.15) is 0 Å². The maximum atomic E-state index is 9.30. The molecule has 2 aromatic carbocycles. The van der Waals surface area contributed by atoms with Crippen LogP contribution in [0.25, 0.3) is 0 Å². The molecule has 0 unspecified atom stereocenters. The summed E-state index contributed by atoms with van der Waals surface area (Å²) in [5.41, 5.74) is 0. The van der Waals surface area contributed by atoms with Crippen molar-refractivity contribution in [3.63, 3.8) is 0 Å². The summed E-state index contributed by atoms with van der Waals surface area (Å²) < 4.78 is 5.48. The van der Waals surface area contributed by atoms with Crippen molar-refractivity contribution in [3.8, 4) is 11.5 Å².